The van der Waals surface area contributed by atoms with E-state index in [1.54, 1.807) is 18.3 Å². The molecule has 11 heteroatoms. The normalized spacial score (nSPS) is 20.3. The number of aromatic nitrogens is 1. The number of nitrogens with zero attached hydrogens (tertiary/aromatic N) is 3. The van der Waals surface area contributed by atoms with E-state index in [4.69, 9.17) is 14.1 Å². The van der Waals surface area contributed by atoms with Crippen LogP contribution < -0.4 is 15.3 Å². The van der Waals surface area contributed by atoms with Crippen molar-refractivity contribution in [2.24, 2.45) is 17.8 Å². The zero-order chi connectivity index (χ0) is 43.9. The number of non-ortho nitro benzene ring substituents is 1. The minimum atomic E-state index is -3.03. The second-order valence-electron chi connectivity index (χ2n) is 17.7. The molecule has 2 amide bonds. The van der Waals surface area contributed by atoms with Crippen LogP contribution in [0.5, 0.6) is 5.75 Å². The molecule has 0 bridgehead atoms. The number of hydrogen-bond acceptors (Lipinski definition) is 8. The molecule has 2 fully saturated rings. The summed E-state index contributed by atoms with van der Waals surface area (Å²) in [7, 11) is -3.03. The number of allylic oxidation sites excluding steroid dienone is 1. The van der Waals surface area contributed by atoms with E-state index in [9.17, 15) is 24.8 Å². The molecule has 318 valence electrons. The van der Waals surface area contributed by atoms with Crippen LogP contribution in [0.25, 0.3) is 22.4 Å². The van der Waals surface area contributed by atoms with Gasteiger partial charge in [-0.15, -0.1) is 0 Å². The van der Waals surface area contributed by atoms with Gasteiger partial charge in [0.1, 0.15) is 5.75 Å². The maximum absolute atomic E-state index is 14.6. The molecule has 3 heterocycles. The lowest BCUT2D eigenvalue weighted by Crippen LogP contribution is -2.66. The first-order valence-electron chi connectivity index (χ1n) is 21.5. The van der Waals surface area contributed by atoms with Gasteiger partial charge in [0.05, 0.1) is 47.5 Å². The Morgan fingerprint density at radius 2 is 1.54 bits per heavy atom. The van der Waals surface area contributed by atoms with Crippen LogP contribution in [0.4, 0.5) is 11.4 Å². The Kier molecular flexibility index (Phi) is 11.3. The van der Waals surface area contributed by atoms with E-state index >= 15 is 0 Å². The van der Waals surface area contributed by atoms with Crippen LogP contribution in [-0.4, -0.2) is 54.5 Å². The third-order valence-corrected chi connectivity index (χ3v) is 18.1. The number of nitro benzene ring substituents is 1. The fraction of sp³-hybridized carbons (Fsp3) is 0.250. The van der Waals surface area contributed by atoms with Crippen LogP contribution in [0, 0.1) is 27.9 Å². The highest BCUT2D eigenvalue weighted by Crippen LogP contribution is 2.51. The van der Waals surface area contributed by atoms with Gasteiger partial charge in [0.25, 0.3) is 14.0 Å². The number of fused-ring (bicyclic) bond motifs is 4. The third kappa shape index (κ3) is 7.60. The van der Waals surface area contributed by atoms with Gasteiger partial charge in [0.15, 0.2) is 0 Å². The summed E-state index contributed by atoms with van der Waals surface area (Å²) in [5.74, 6) is -2.28. The molecular formula is C52H49N3O7Si. The van der Waals surface area contributed by atoms with Crippen molar-refractivity contribution in [3.63, 3.8) is 0 Å². The second kappa shape index (κ2) is 17.0. The molecule has 1 aromatic heterocycles. The lowest BCUT2D eigenvalue weighted by Gasteiger charge is -2.44. The van der Waals surface area contributed by atoms with Crippen molar-refractivity contribution in [1.29, 1.82) is 0 Å². The number of hydrogen-bond donors (Lipinski definition) is 1. The highest BCUT2D eigenvalue weighted by molar-refractivity contribution is 6.99. The van der Waals surface area contributed by atoms with Gasteiger partial charge in [0, 0.05) is 29.6 Å². The molecule has 0 saturated carbocycles. The number of rotatable bonds is 12. The number of carbonyl (C=O) groups is 2. The van der Waals surface area contributed by atoms with Gasteiger partial charge in [-0.3, -0.25) is 24.7 Å². The van der Waals surface area contributed by atoms with E-state index in [1.165, 1.54) is 18.2 Å². The fourth-order valence-electron chi connectivity index (χ4n) is 10.3. The van der Waals surface area contributed by atoms with Crippen molar-refractivity contribution < 1.29 is 28.8 Å². The van der Waals surface area contributed by atoms with Crippen LogP contribution in [0.15, 0.2) is 157 Å². The molecule has 5 aromatic carbocycles. The second-order valence-corrected chi connectivity index (χ2v) is 22.0. The average Bonchev–Trinajstić information content (AvgIpc) is 3.83. The number of benzene rings is 5. The zero-order valence-electron chi connectivity index (χ0n) is 35.5. The summed E-state index contributed by atoms with van der Waals surface area (Å²) in [5.41, 5.74) is 4.73. The molecule has 1 aliphatic carbocycles. The number of ether oxygens (including phenoxy) is 1. The van der Waals surface area contributed by atoms with Crippen molar-refractivity contribution in [3.8, 4) is 5.75 Å². The molecule has 0 unspecified atom stereocenters. The number of aromatic hydroxyl groups is 1. The maximum Gasteiger partial charge on any atom is 0.271 e. The summed E-state index contributed by atoms with van der Waals surface area (Å²) < 4.78 is 14.3. The van der Waals surface area contributed by atoms with Gasteiger partial charge in [-0.25, -0.2) is 4.90 Å². The van der Waals surface area contributed by atoms with Crippen LogP contribution in [0.3, 0.4) is 0 Å². The van der Waals surface area contributed by atoms with E-state index < -0.39 is 31.0 Å². The smallest absolute Gasteiger partial charge is 0.271 e. The molecular weight excluding hydrogens is 807 g/mol. The number of phenols is 1. The summed E-state index contributed by atoms with van der Waals surface area (Å²) in [6.45, 7) is 7.19. The van der Waals surface area contributed by atoms with Gasteiger partial charge in [0.2, 0.25) is 11.8 Å². The first-order chi connectivity index (χ1) is 30.5. The molecule has 3 aliphatic rings. The van der Waals surface area contributed by atoms with Gasteiger partial charge < -0.3 is 14.3 Å². The average molecular weight is 856 g/mol. The molecule has 10 nitrogen and oxygen atoms in total. The molecule has 9 rings (SSSR count). The van der Waals surface area contributed by atoms with Crippen molar-refractivity contribution >= 4 is 64.3 Å². The van der Waals surface area contributed by atoms with E-state index in [1.807, 2.05) is 60.7 Å². The fourth-order valence-corrected chi connectivity index (χ4v) is 14.8. The maximum atomic E-state index is 14.6. The van der Waals surface area contributed by atoms with E-state index in [0.717, 1.165) is 54.0 Å². The Bertz CT molecular complexity index is 2730. The summed E-state index contributed by atoms with van der Waals surface area (Å²) in [4.78, 5) is 46.3. The highest BCUT2D eigenvalue weighted by Gasteiger charge is 2.58. The van der Waals surface area contributed by atoms with Crippen LogP contribution >= 0.6 is 0 Å². The molecule has 0 spiro atoms. The molecule has 63 heavy (non-hydrogen) atoms. The minimum absolute atomic E-state index is 0.192. The highest BCUT2D eigenvalue weighted by atomic mass is 28.4. The SMILES string of the molecule is CC(C)(C)[Si](OCC1=C2[C@@H](CC/C(=C/c3ccc(O)c4ccccc34)c3ccccn3)OC[C@@H]2[C@@H]2C(=O)N(c3cccc([N+](=O)[O-])c3)C(=O)[C@@H]2C1)(c1ccccc1)c1ccccc1. The van der Waals surface area contributed by atoms with Crippen molar-refractivity contribution in [1.82, 2.24) is 4.98 Å². The first-order valence-corrected chi connectivity index (χ1v) is 23.4. The number of imide groups is 1. The Labute approximate surface area is 367 Å². The largest absolute Gasteiger partial charge is 0.507 e. The standard InChI is InChI=1S/C52H49N3O7Si/c1-52(2,3)63(39-17-6-4-7-18-39,40-19-8-5-9-20-40)62-32-36-30-43-49(51(58)54(50(43)57)37-15-14-16-38(31-37)55(59)60)44-33-61-47(48(36)44)27-25-35(45-23-12-13-28-53-45)29-34-24-26-46(56)42-22-11-10-21-41(34)42/h4-24,26,28-29,31,43-44,47,49,56H,25,27,30,32-33H2,1-3H3/b35-29-/t43-,44+,47-,49-/m1/s1. The summed E-state index contributed by atoms with van der Waals surface area (Å²) in [5, 5.41) is 26.1. The van der Waals surface area contributed by atoms with E-state index in [2.05, 4.69) is 75.4 Å². The topological polar surface area (TPSA) is 132 Å². The Balaban J connectivity index is 1.12. The van der Waals surface area contributed by atoms with Crippen LogP contribution in [0.2, 0.25) is 5.04 Å². The molecule has 6 aromatic rings. The lowest BCUT2D eigenvalue weighted by molar-refractivity contribution is -0.384. The third-order valence-electron chi connectivity index (χ3n) is 13.1. The molecule has 1 N–H and O–H groups in total. The first kappa shape index (κ1) is 41.8. The monoisotopic (exact) mass is 855 g/mol. The molecule has 2 saturated heterocycles. The van der Waals surface area contributed by atoms with Crippen LogP contribution in [0.1, 0.15) is 51.3 Å². The number of anilines is 1. The zero-order valence-corrected chi connectivity index (χ0v) is 36.5. The minimum Gasteiger partial charge on any atom is -0.507 e. The quantitative estimate of drug-likeness (QED) is 0.0424. The number of amides is 2. The molecule has 2 aliphatic heterocycles. The van der Waals surface area contributed by atoms with Crippen molar-refractivity contribution in [2.45, 2.75) is 51.2 Å². The Hall–Kier alpha value is -6.53. The number of phenolic OH excluding ortho intramolecular Hbond substituents is 1. The predicted molar refractivity (Wildman–Crippen MR) is 248 cm³/mol. The van der Waals surface area contributed by atoms with Gasteiger partial charge in [-0.1, -0.05) is 124 Å². The summed E-state index contributed by atoms with van der Waals surface area (Å²) in [6.07, 6.45) is 4.97. The van der Waals surface area contributed by atoms with Gasteiger partial charge in [-0.2, -0.15) is 0 Å². The van der Waals surface area contributed by atoms with Gasteiger partial charge in [-0.05, 0) is 92.7 Å². The summed E-state index contributed by atoms with van der Waals surface area (Å²) >= 11 is 0. The number of nitro groups is 1. The predicted octanol–water partition coefficient (Wildman–Crippen LogP) is 9.27. The molecule has 0 radical (unpaired) electrons. The van der Waals surface area contributed by atoms with E-state index in [0.29, 0.717) is 19.3 Å². The number of pyridine rings is 1. The lowest BCUT2D eigenvalue weighted by atomic mass is 9.69. The van der Waals surface area contributed by atoms with Crippen molar-refractivity contribution in [3.05, 3.63) is 178 Å². The summed E-state index contributed by atoms with van der Waals surface area (Å²) in [6, 6.07) is 43.9. The Morgan fingerprint density at radius 3 is 2.21 bits per heavy atom. The Morgan fingerprint density at radius 1 is 0.857 bits per heavy atom. The molecule has 4 atom stereocenters. The van der Waals surface area contributed by atoms with Gasteiger partial charge >= 0.3 is 0 Å². The van der Waals surface area contributed by atoms with Crippen molar-refractivity contribution in [2.75, 3.05) is 18.1 Å². The van der Waals surface area contributed by atoms with E-state index in [-0.39, 0.29) is 53.3 Å². The number of carbonyl (C=O) groups excluding carboxylic acids is 2. The van der Waals surface area contributed by atoms with Crippen LogP contribution in [-0.2, 0) is 18.8 Å².